The normalized spacial score (nSPS) is 17.2. The molecule has 0 saturated carbocycles. The van der Waals surface area contributed by atoms with Crippen molar-refractivity contribution in [3.05, 3.63) is 32.7 Å². The van der Waals surface area contributed by atoms with Crippen LogP contribution in [0, 0.1) is 0 Å². The van der Waals surface area contributed by atoms with Gasteiger partial charge in [-0.3, -0.25) is 4.79 Å². The van der Waals surface area contributed by atoms with E-state index in [2.05, 4.69) is 31.9 Å². The maximum absolute atomic E-state index is 12.4. The molecule has 0 aromatic heterocycles. The highest BCUT2D eigenvalue weighted by atomic mass is 79.9. The average molecular weight is 426 g/mol. The minimum atomic E-state index is -3.17. The minimum Gasteiger partial charge on any atom is -0.336 e. The van der Waals surface area contributed by atoms with Gasteiger partial charge in [0, 0.05) is 35.1 Å². The van der Waals surface area contributed by atoms with E-state index in [1.165, 1.54) is 10.6 Å². The first-order valence-electron chi connectivity index (χ1n) is 5.98. The van der Waals surface area contributed by atoms with Gasteiger partial charge in [-0.15, -0.1) is 0 Å². The SMILES string of the molecule is CS(=O)(=O)N1CCN(C(=O)c2ccc(Br)cc2Br)CC1. The van der Waals surface area contributed by atoms with Crippen LogP contribution in [0.15, 0.2) is 27.1 Å². The molecule has 0 N–H and O–H groups in total. The molecule has 20 heavy (non-hydrogen) atoms. The summed E-state index contributed by atoms with van der Waals surface area (Å²) >= 11 is 6.72. The number of piperazine rings is 1. The van der Waals surface area contributed by atoms with E-state index in [0.717, 1.165) is 8.95 Å². The smallest absolute Gasteiger partial charge is 0.255 e. The zero-order valence-electron chi connectivity index (χ0n) is 10.8. The van der Waals surface area contributed by atoms with Crippen LogP contribution in [0.1, 0.15) is 10.4 Å². The van der Waals surface area contributed by atoms with Gasteiger partial charge in [-0.25, -0.2) is 8.42 Å². The Kier molecular flexibility index (Phi) is 4.88. The van der Waals surface area contributed by atoms with Crippen molar-refractivity contribution < 1.29 is 13.2 Å². The molecule has 1 aromatic rings. The number of hydrogen-bond donors (Lipinski definition) is 0. The number of sulfonamides is 1. The van der Waals surface area contributed by atoms with Gasteiger partial charge in [-0.2, -0.15) is 4.31 Å². The van der Waals surface area contributed by atoms with Crippen molar-refractivity contribution in [2.75, 3.05) is 32.4 Å². The van der Waals surface area contributed by atoms with Crippen LogP contribution >= 0.6 is 31.9 Å². The fourth-order valence-corrected chi connectivity index (χ4v) is 4.10. The molecule has 5 nitrogen and oxygen atoms in total. The lowest BCUT2D eigenvalue weighted by molar-refractivity contribution is 0.0697. The molecular formula is C12H14Br2N2O3S. The van der Waals surface area contributed by atoms with Crippen LogP contribution in [0.5, 0.6) is 0 Å². The van der Waals surface area contributed by atoms with E-state index in [-0.39, 0.29) is 5.91 Å². The molecule has 1 fully saturated rings. The van der Waals surface area contributed by atoms with Crippen LogP contribution < -0.4 is 0 Å². The summed E-state index contributed by atoms with van der Waals surface area (Å²) in [7, 11) is -3.17. The van der Waals surface area contributed by atoms with Crippen molar-refractivity contribution in [1.29, 1.82) is 0 Å². The molecule has 0 unspecified atom stereocenters. The maximum atomic E-state index is 12.4. The molecule has 1 amide bonds. The van der Waals surface area contributed by atoms with Crippen LogP contribution in [0.2, 0.25) is 0 Å². The molecule has 1 saturated heterocycles. The zero-order chi connectivity index (χ0) is 14.9. The number of amides is 1. The predicted octanol–water partition coefficient (Wildman–Crippen LogP) is 1.93. The highest BCUT2D eigenvalue weighted by Gasteiger charge is 2.27. The van der Waals surface area contributed by atoms with Crippen molar-refractivity contribution in [1.82, 2.24) is 9.21 Å². The van der Waals surface area contributed by atoms with Crippen molar-refractivity contribution in [2.24, 2.45) is 0 Å². The lowest BCUT2D eigenvalue weighted by atomic mass is 10.2. The Balaban J connectivity index is 2.09. The number of hydrogen-bond acceptors (Lipinski definition) is 3. The van der Waals surface area contributed by atoms with Gasteiger partial charge in [-0.05, 0) is 34.1 Å². The third-order valence-electron chi connectivity index (χ3n) is 3.16. The first-order valence-corrected chi connectivity index (χ1v) is 9.42. The molecule has 110 valence electrons. The van der Waals surface area contributed by atoms with Gasteiger partial charge < -0.3 is 4.90 Å². The number of nitrogens with zero attached hydrogens (tertiary/aromatic N) is 2. The van der Waals surface area contributed by atoms with Gasteiger partial charge in [0.2, 0.25) is 10.0 Å². The van der Waals surface area contributed by atoms with Crippen LogP contribution in [0.4, 0.5) is 0 Å². The highest BCUT2D eigenvalue weighted by molar-refractivity contribution is 9.11. The van der Waals surface area contributed by atoms with E-state index in [9.17, 15) is 13.2 Å². The van der Waals surface area contributed by atoms with Crippen molar-refractivity contribution in [2.45, 2.75) is 0 Å². The fourth-order valence-electron chi connectivity index (χ4n) is 2.06. The van der Waals surface area contributed by atoms with Crippen molar-refractivity contribution in [3.63, 3.8) is 0 Å². The molecule has 2 rings (SSSR count). The van der Waals surface area contributed by atoms with Crippen LogP contribution in [0.3, 0.4) is 0 Å². The molecule has 1 heterocycles. The second kappa shape index (κ2) is 6.13. The lowest BCUT2D eigenvalue weighted by Gasteiger charge is -2.33. The molecule has 0 atom stereocenters. The van der Waals surface area contributed by atoms with E-state index >= 15 is 0 Å². The minimum absolute atomic E-state index is 0.0856. The average Bonchev–Trinajstić information content (AvgIpc) is 2.37. The molecule has 1 aromatic carbocycles. The number of halogens is 2. The molecule has 0 spiro atoms. The van der Waals surface area contributed by atoms with Gasteiger partial charge in [-0.1, -0.05) is 15.9 Å². The van der Waals surface area contributed by atoms with Gasteiger partial charge in [0.05, 0.1) is 11.8 Å². The Morgan fingerprint density at radius 2 is 1.75 bits per heavy atom. The van der Waals surface area contributed by atoms with Crippen LogP contribution in [-0.4, -0.2) is 56.0 Å². The van der Waals surface area contributed by atoms with Crippen LogP contribution in [0.25, 0.3) is 0 Å². The standard InChI is InChI=1S/C12H14Br2N2O3S/c1-20(18,19)16-6-4-15(5-7-16)12(17)10-3-2-9(13)8-11(10)14/h2-3,8H,4-7H2,1H3. The Morgan fingerprint density at radius 3 is 2.25 bits per heavy atom. The molecule has 0 radical (unpaired) electrons. The quantitative estimate of drug-likeness (QED) is 0.727. The van der Waals surface area contributed by atoms with Gasteiger partial charge in [0.1, 0.15) is 0 Å². The number of carbonyl (C=O) groups excluding carboxylic acids is 1. The molecule has 0 bridgehead atoms. The summed E-state index contributed by atoms with van der Waals surface area (Å²) in [5.74, 6) is -0.0856. The largest absolute Gasteiger partial charge is 0.336 e. The molecular weight excluding hydrogens is 412 g/mol. The zero-order valence-corrected chi connectivity index (χ0v) is 14.8. The van der Waals surface area contributed by atoms with Crippen LogP contribution in [-0.2, 0) is 10.0 Å². The predicted molar refractivity (Wildman–Crippen MR) is 84.2 cm³/mol. The van der Waals surface area contributed by atoms with E-state index in [0.29, 0.717) is 31.7 Å². The van der Waals surface area contributed by atoms with Gasteiger partial charge in [0.25, 0.3) is 5.91 Å². The summed E-state index contributed by atoms with van der Waals surface area (Å²) in [6.45, 7) is 1.51. The summed E-state index contributed by atoms with van der Waals surface area (Å²) in [6.07, 6.45) is 1.19. The summed E-state index contributed by atoms with van der Waals surface area (Å²) in [6, 6.07) is 5.38. The Bertz CT molecular complexity index is 626. The number of carbonyl (C=O) groups is 1. The van der Waals surface area contributed by atoms with E-state index in [1.807, 2.05) is 12.1 Å². The van der Waals surface area contributed by atoms with E-state index in [1.54, 1.807) is 11.0 Å². The molecule has 1 aliphatic heterocycles. The monoisotopic (exact) mass is 424 g/mol. The first kappa shape index (κ1) is 15.9. The Morgan fingerprint density at radius 1 is 1.15 bits per heavy atom. The summed E-state index contributed by atoms with van der Waals surface area (Å²) < 4.78 is 25.9. The lowest BCUT2D eigenvalue weighted by Crippen LogP contribution is -2.50. The fraction of sp³-hybridized carbons (Fsp3) is 0.417. The summed E-state index contributed by atoms with van der Waals surface area (Å²) in [4.78, 5) is 14.1. The maximum Gasteiger partial charge on any atom is 0.255 e. The van der Waals surface area contributed by atoms with Crippen molar-refractivity contribution in [3.8, 4) is 0 Å². The highest BCUT2D eigenvalue weighted by Crippen LogP contribution is 2.23. The summed E-state index contributed by atoms with van der Waals surface area (Å²) in [5.41, 5.74) is 0.584. The first-order chi connectivity index (χ1) is 9.29. The second-order valence-electron chi connectivity index (χ2n) is 4.58. The topological polar surface area (TPSA) is 57.7 Å². The second-order valence-corrected chi connectivity index (χ2v) is 8.33. The third-order valence-corrected chi connectivity index (χ3v) is 5.61. The Labute approximate surface area is 135 Å². The van der Waals surface area contributed by atoms with E-state index < -0.39 is 10.0 Å². The van der Waals surface area contributed by atoms with E-state index in [4.69, 9.17) is 0 Å². The molecule has 0 aliphatic carbocycles. The number of rotatable bonds is 2. The molecule has 1 aliphatic rings. The number of benzene rings is 1. The van der Waals surface area contributed by atoms with Gasteiger partial charge in [0.15, 0.2) is 0 Å². The summed E-state index contributed by atoms with van der Waals surface area (Å²) in [5, 5.41) is 0. The van der Waals surface area contributed by atoms with Gasteiger partial charge >= 0.3 is 0 Å². The molecule has 8 heteroatoms. The van der Waals surface area contributed by atoms with Crippen molar-refractivity contribution >= 4 is 47.8 Å². The Hall–Kier alpha value is -0.440. The third kappa shape index (κ3) is 3.60.